The number of nitrogens with one attached hydrogen (secondary N) is 1. The Morgan fingerprint density at radius 3 is 2.00 bits per heavy atom. The lowest BCUT2D eigenvalue weighted by Crippen LogP contribution is -2.43. The standard InChI is InChI=1S/C14H28N2O/c1-5-8-11-16(12-9-6-2)15-14(17)13(4)10-7-3/h4-12H2,1-3H3,(H,15,17). The number of carbonyl (C=O) groups is 1. The first-order valence-corrected chi connectivity index (χ1v) is 6.89. The van der Waals surface area contributed by atoms with Crippen LogP contribution in [0.1, 0.15) is 59.3 Å². The van der Waals surface area contributed by atoms with Gasteiger partial charge in [0.2, 0.25) is 0 Å². The Kier molecular flexibility index (Phi) is 9.83. The van der Waals surface area contributed by atoms with Crippen molar-refractivity contribution in [2.24, 2.45) is 0 Å². The summed E-state index contributed by atoms with van der Waals surface area (Å²) in [6, 6.07) is 0. The summed E-state index contributed by atoms with van der Waals surface area (Å²) in [4.78, 5) is 11.8. The maximum absolute atomic E-state index is 11.8. The normalized spacial score (nSPS) is 10.6. The minimum Gasteiger partial charge on any atom is -0.285 e. The molecule has 1 amide bonds. The largest absolute Gasteiger partial charge is 0.285 e. The van der Waals surface area contributed by atoms with Crippen LogP contribution in [0, 0.1) is 0 Å². The van der Waals surface area contributed by atoms with E-state index >= 15 is 0 Å². The molecule has 0 saturated heterocycles. The molecule has 17 heavy (non-hydrogen) atoms. The van der Waals surface area contributed by atoms with Gasteiger partial charge in [0.1, 0.15) is 0 Å². The van der Waals surface area contributed by atoms with E-state index in [0.717, 1.165) is 51.6 Å². The van der Waals surface area contributed by atoms with Crippen molar-refractivity contribution in [1.82, 2.24) is 10.4 Å². The van der Waals surface area contributed by atoms with Crippen LogP contribution in [0.15, 0.2) is 12.2 Å². The van der Waals surface area contributed by atoms with Gasteiger partial charge in [-0.25, -0.2) is 5.01 Å². The second-order valence-corrected chi connectivity index (χ2v) is 4.49. The Balaban J connectivity index is 4.10. The van der Waals surface area contributed by atoms with Crippen LogP contribution in [0.2, 0.25) is 0 Å². The van der Waals surface area contributed by atoms with Gasteiger partial charge in [-0.3, -0.25) is 10.2 Å². The van der Waals surface area contributed by atoms with Gasteiger partial charge < -0.3 is 0 Å². The van der Waals surface area contributed by atoms with E-state index in [0.29, 0.717) is 5.57 Å². The van der Waals surface area contributed by atoms with Crippen LogP contribution in [0.25, 0.3) is 0 Å². The quantitative estimate of drug-likeness (QED) is 0.469. The van der Waals surface area contributed by atoms with Crippen molar-refractivity contribution >= 4 is 5.91 Å². The highest BCUT2D eigenvalue weighted by atomic mass is 16.2. The molecule has 0 rings (SSSR count). The highest BCUT2D eigenvalue weighted by Crippen LogP contribution is 2.03. The van der Waals surface area contributed by atoms with Gasteiger partial charge in [-0.05, 0) is 19.3 Å². The van der Waals surface area contributed by atoms with Gasteiger partial charge in [-0.15, -0.1) is 0 Å². The minimum atomic E-state index is -0.0148. The van der Waals surface area contributed by atoms with Gasteiger partial charge in [-0.2, -0.15) is 0 Å². The zero-order valence-corrected chi connectivity index (χ0v) is 11.7. The number of hydrazine groups is 1. The lowest BCUT2D eigenvalue weighted by atomic mass is 10.2. The van der Waals surface area contributed by atoms with E-state index < -0.39 is 0 Å². The maximum atomic E-state index is 11.8. The highest BCUT2D eigenvalue weighted by molar-refractivity contribution is 5.92. The minimum absolute atomic E-state index is 0.0148. The molecule has 0 aliphatic heterocycles. The van der Waals surface area contributed by atoms with Gasteiger partial charge in [0, 0.05) is 18.7 Å². The average molecular weight is 240 g/mol. The average Bonchev–Trinajstić information content (AvgIpc) is 2.32. The molecule has 0 spiro atoms. The number of unbranched alkanes of at least 4 members (excludes halogenated alkanes) is 2. The smallest absolute Gasteiger partial charge is 0.260 e. The second kappa shape index (κ2) is 10.3. The van der Waals surface area contributed by atoms with Crippen molar-refractivity contribution in [2.45, 2.75) is 59.3 Å². The molecule has 0 heterocycles. The van der Waals surface area contributed by atoms with Crippen molar-refractivity contribution in [3.8, 4) is 0 Å². The molecule has 0 aromatic carbocycles. The Morgan fingerprint density at radius 2 is 1.59 bits per heavy atom. The van der Waals surface area contributed by atoms with E-state index in [1.54, 1.807) is 0 Å². The Bertz CT molecular complexity index is 218. The van der Waals surface area contributed by atoms with Crippen LogP contribution >= 0.6 is 0 Å². The second-order valence-electron chi connectivity index (χ2n) is 4.49. The van der Waals surface area contributed by atoms with E-state index in [2.05, 4.69) is 32.8 Å². The molecule has 3 nitrogen and oxygen atoms in total. The Morgan fingerprint density at radius 1 is 1.06 bits per heavy atom. The number of hydrogen-bond acceptors (Lipinski definition) is 2. The summed E-state index contributed by atoms with van der Waals surface area (Å²) in [5.74, 6) is -0.0148. The van der Waals surface area contributed by atoms with E-state index in [1.165, 1.54) is 0 Å². The van der Waals surface area contributed by atoms with Gasteiger partial charge in [0.15, 0.2) is 0 Å². The van der Waals surface area contributed by atoms with Crippen molar-refractivity contribution in [1.29, 1.82) is 0 Å². The van der Waals surface area contributed by atoms with Crippen LogP contribution in [-0.4, -0.2) is 24.0 Å². The van der Waals surface area contributed by atoms with Crippen LogP contribution < -0.4 is 5.43 Å². The number of rotatable bonds is 10. The first kappa shape index (κ1) is 16.2. The molecule has 0 radical (unpaired) electrons. The molecule has 0 aliphatic rings. The maximum Gasteiger partial charge on any atom is 0.260 e. The predicted molar refractivity (Wildman–Crippen MR) is 73.6 cm³/mol. The van der Waals surface area contributed by atoms with Gasteiger partial charge in [0.25, 0.3) is 5.91 Å². The Labute approximate surface area is 106 Å². The molecule has 0 saturated carbocycles. The van der Waals surface area contributed by atoms with Crippen LogP contribution in [0.4, 0.5) is 0 Å². The topological polar surface area (TPSA) is 32.3 Å². The first-order valence-electron chi connectivity index (χ1n) is 6.89. The molecule has 0 aromatic heterocycles. The van der Waals surface area contributed by atoms with E-state index in [1.807, 2.05) is 5.01 Å². The third kappa shape index (κ3) is 7.97. The lowest BCUT2D eigenvalue weighted by molar-refractivity contribution is -0.122. The molecule has 3 heteroatoms. The van der Waals surface area contributed by atoms with E-state index in [-0.39, 0.29) is 5.91 Å². The van der Waals surface area contributed by atoms with Crippen molar-refractivity contribution in [2.75, 3.05) is 13.1 Å². The SMILES string of the molecule is C=C(CCC)C(=O)NN(CCCC)CCCC. The van der Waals surface area contributed by atoms with Crippen LogP contribution in [-0.2, 0) is 4.79 Å². The molecular formula is C14H28N2O. The van der Waals surface area contributed by atoms with Crippen LogP contribution in [0.3, 0.4) is 0 Å². The van der Waals surface area contributed by atoms with Crippen molar-refractivity contribution in [3.05, 3.63) is 12.2 Å². The first-order chi connectivity index (χ1) is 8.15. The molecule has 0 atom stereocenters. The van der Waals surface area contributed by atoms with E-state index in [4.69, 9.17) is 0 Å². The van der Waals surface area contributed by atoms with Crippen LogP contribution in [0.5, 0.6) is 0 Å². The molecule has 0 unspecified atom stereocenters. The van der Waals surface area contributed by atoms with E-state index in [9.17, 15) is 4.79 Å². The third-order valence-electron chi connectivity index (χ3n) is 2.70. The fraction of sp³-hybridized carbons (Fsp3) is 0.786. The van der Waals surface area contributed by atoms with Gasteiger partial charge >= 0.3 is 0 Å². The fourth-order valence-electron chi connectivity index (χ4n) is 1.56. The summed E-state index contributed by atoms with van der Waals surface area (Å²) >= 11 is 0. The Hall–Kier alpha value is -0.830. The molecule has 0 bridgehead atoms. The predicted octanol–water partition coefficient (Wildman–Crippen LogP) is 3.28. The van der Waals surface area contributed by atoms with Crippen molar-refractivity contribution in [3.63, 3.8) is 0 Å². The summed E-state index contributed by atoms with van der Waals surface area (Å²) < 4.78 is 0. The zero-order chi connectivity index (χ0) is 13.1. The number of hydrogen-bond donors (Lipinski definition) is 1. The summed E-state index contributed by atoms with van der Waals surface area (Å²) in [5, 5.41) is 2.04. The monoisotopic (exact) mass is 240 g/mol. The summed E-state index contributed by atoms with van der Waals surface area (Å²) in [6.45, 7) is 12.1. The summed E-state index contributed by atoms with van der Waals surface area (Å²) in [5.41, 5.74) is 3.65. The number of amides is 1. The molecule has 1 N–H and O–H groups in total. The molecule has 0 aromatic rings. The number of nitrogens with zero attached hydrogens (tertiary/aromatic N) is 1. The highest BCUT2D eigenvalue weighted by Gasteiger charge is 2.10. The van der Waals surface area contributed by atoms with Gasteiger partial charge in [-0.1, -0.05) is 46.6 Å². The molecule has 0 fully saturated rings. The molecule has 100 valence electrons. The number of carbonyl (C=O) groups excluding carboxylic acids is 1. The zero-order valence-electron chi connectivity index (χ0n) is 11.7. The molecule has 0 aliphatic carbocycles. The van der Waals surface area contributed by atoms with Gasteiger partial charge in [0.05, 0.1) is 0 Å². The third-order valence-corrected chi connectivity index (χ3v) is 2.70. The van der Waals surface area contributed by atoms with Crippen molar-refractivity contribution < 1.29 is 4.79 Å². The fourth-order valence-corrected chi connectivity index (χ4v) is 1.56. The lowest BCUT2D eigenvalue weighted by Gasteiger charge is -2.23. The summed E-state index contributed by atoms with van der Waals surface area (Å²) in [6.07, 6.45) is 6.27. The summed E-state index contributed by atoms with van der Waals surface area (Å²) in [7, 11) is 0. The molecular weight excluding hydrogens is 212 g/mol.